The van der Waals surface area contributed by atoms with Gasteiger partial charge in [-0.3, -0.25) is 0 Å². The van der Waals surface area contributed by atoms with E-state index in [4.69, 9.17) is 4.74 Å². The number of hydrogen-bond acceptors (Lipinski definition) is 4. The van der Waals surface area contributed by atoms with Gasteiger partial charge in [-0.1, -0.05) is 18.2 Å². The van der Waals surface area contributed by atoms with Gasteiger partial charge in [-0.05, 0) is 56.7 Å². The molecule has 0 bridgehead atoms. The molecule has 0 amide bonds. The lowest BCUT2D eigenvalue weighted by molar-refractivity contribution is 0.242. The van der Waals surface area contributed by atoms with Crippen LogP contribution in [0.2, 0.25) is 0 Å². The molecule has 0 saturated carbocycles. The molecular formula is C20H26N2O3S. The summed E-state index contributed by atoms with van der Waals surface area (Å²) in [4.78, 5) is 2.62. The molecule has 1 saturated heterocycles. The second-order valence-corrected chi connectivity index (χ2v) is 8.72. The third kappa shape index (κ3) is 4.02. The summed E-state index contributed by atoms with van der Waals surface area (Å²) in [5.41, 5.74) is 1.88. The highest BCUT2D eigenvalue weighted by Gasteiger charge is 2.29. The molecule has 0 atom stereocenters. The van der Waals surface area contributed by atoms with Gasteiger partial charge >= 0.3 is 0 Å². The number of ether oxygens (including phenoxy) is 1. The second-order valence-electron chi connectivity index (χ2n) is 6.82. The van der Waals surface area contributed by atoms with Crippen molar-refractivity contribution in [2.75, 3.05) is 31.1 Å². The Morgan fingerprint density at radius 2 is 1.54 bits per heavy atom. The molecule has 0 spiro atoms. The molecule has 0 radical (unpaired) electrons. The van der Waals surface area contributed by atoms with Crippen molar-refractivity contribution in [3.8, 4) is 5.75 Å². The fourth-order valence-corrected chi connectivity index (χ4v) is 4.83. The third-order valence-corrected chi connectivity index (χ3v) is 6.58. The molecule has 3 rings (SSSR count). The van der Waals surface area contributed by atoms with Gasteiger partial charge in [0.05, 0.1) is 11.0 Å². The van der Waals surface area contributed by atoms with Gasteiger partial charge in [0.1, 0.15) is 5.75 Å². The first-order valence-corrected chi connectivity index (χ1v) is 10.4. The number of benzene rings is 2. The predicted octanol–water partition coefficient (Wildman–Crippen LogP) is 3.29. The minimum atomic E-state index is -3.43. The van der Waals surface area contributed by atoms with E-state index in [1.165, 1.54) is 0 Å². The van der Waals surface area contributed by atoms with Crippen molar-refractivity contribution >= 4 is 15.7 Å². The third-order valence-electron chi connectivity index (χ3n) is 4.52. The summed E-state index contributed by atoms with van der Waals surface area (Å²) in [6, 6.07) is 15.1. The average Bonchev–Trinajstić information content (AvgIpc) is 2.62. The Morgan fingerprint density at radius 1 is 0.923 bits per heavy atom. The lowest BCUT2D eigenvalue weighted by atomic mass is 10.2. The summed E-state index contributed by atoms with van der Waals surface area (Å²) in [6.45, 7) is 8.17. The highest BCUT2D eigenvalue weighted by Crippen LogP contribution is 2.24. The van der Waals surface area contributed by atoms with Crippen LogP contribution in [0.4, 0.5) is 5.69 Å². The van der Waals surface area contributed by atoms with Crippen LogP contribution in [0.3, 0.4) is 0 Å². The van der Waals surface area contributed by atoms with Gasteiger partial charge in [0.2, 0.25) is 10.0 Å². The quantitative estimate of drug-likeness (QED) is 0.806. The van der Waals surface area contributed by atoms with E-state index >= 15 is 0 Å². The van der Waals surface area contributed by atoms with Gasteiger partial charge in [0, 0.05) is 31.9 Å². The summed E-state index contributed by atoms with van der Waals surface area (Å²) >= 11 is 0. The van der Waals surface area contributed by atoms with Gasteiger partial charge in [-0.15, -0.1) is 0 Å². The molecule has 0 unspecified atom stereocenters. The normalized spacial score (nSPS) is 16.1. The summed E-state index contributed by atoms with van der Waals surface area (Å²) in [7, 11) is -3.43. The van der Waals surface area contributed by atoms with Crippen molar-refractivity contribution < 1.29 is 13.2 Å². The molecule has 0 N–H and O–H groups in total. The van der Waals surface area contributed by atoms with E-state index in [1.807, 2.05) is 57.2 Å². The molecule has 26 heavy (non-hydrogen) atoms. The first-order chi connectivity index (χ1) is 12.4. The van der Waals surface area contributed by atoms with Crippen molar-refractivity contribution in [2.24, 2.45) is 0 Å². The number of anilines is 1. The number of nitrogens with zero attached hydrogens (tertiary/aromatic N) is 2. The lowest BCUT2D eigenvalue weighted by Gasteiger charge is -2.35. The van der Waals surface area contributed by atoms with Crippen molar-refractivity contribution in [1.82, 2.24) is 4.31 Å². The van der Waals surface area contributed by atoms with Gasteiger partial charge in [-0.2, -0.15) is 4.31 Å². The molecule has 6 heteroatoms. The zero-order chi connectivity index (χ0) is 18.7. The molecule has 1 aliphatic heterocycles. The van der Waals surface area contributed by atoms with Crippen molar-refractivity contribution in [1.29, 1.82) is 0 Å². The summed E-state index contributed by atoms with van der Waals surface area (Å²) in [5, 5.41) is 0. The number of piperazine rings is 1. The van der Waals surface area contributed by atoms with Crippen LogP contribution in [0.15, 0.2) is 53.4 Å². The average molecular weight is 375 g/mol. The fraction of sp³-hybridized carbons (Fsp3) is 0.400. The largest absolute Gasteiger partial charge is 0.491 e. The van der Waals surface area contributed by atoms with Crippen LogP contribution in [-0.2, 0) is 10.0 Å². The van der Waals surface area contributed by atoms with Crippen LogP contribution in [0.1, 0.15) is 19.4 Å². The Bertz CT molecular complexity index is 840. The molecule has 1 heterocycles. The maximum absolute atomic E-state index is 12.9. The standard InChI is InChI=1S/C20H26N2O3S/c1-16(2)25-19-10-8-18(9-11-19)21-12-14-22(15-13-21)26(23,24)20-7-5-4-6-17(20)3/h4-11,16H,12-15H2,1-3H3. The van der Waals surface area contributed by atoms with E-state index in [-0.39, 0.29) is 6.10 Å². The summed E-state index contributed by atoms with van der Waals surface area (Å²) in [5.74, 6) is 0.851. The molecule has 1 fully saturated rings. The minimum Gasteiger partial charge on any atom is -0.491 e. The Labute approximate surface area is 156 Å². The SMILES string of the molecule is Cc1ccccc1S(=O)(=O)N1CCN(c2ccc(OC(C)C)cc2)CC1. The maximum Gasteiger partial charge on any atom is 0.243 e. The van der Waals surface area contributed by atoms with Crippen LogP contribution < -0.4 is 9.64 Å². The first kappa shape index (κ1) is 18.7. The smallest absolute Gasteiger partial charge is 0.243 e. The number of aryl methyl sites for hydroxylation is 1. The van der Waals surface area contributed by atoms with Crippen molar-refractivity contribution in [3.63, 3.8) is 0 Å². The van der Waals surface area contributed by atoms with Gasteiger partial charge in [0.25, 0.3) is 0 Å². The topological polar surface area (TPSA) is 49.9 Å². The lowest BCUT2D eigenvalue weighted by Crippen LogP contribution is -2.48. The van der Waals surface area contributed by atoms with Crippen LogP contribution in [0.5, 0.6) is 5.75 Å². The van der Waals surface area contributed by atoms with E-state index in [0.29, 0.717) is 31.1 Å². The van der Waals surface area contributed by atoms with E-state index in [9.17, 15) is 8.42 Å². The van der Waals surface area contributed by atoms with E-state index in [1.54, 1.807) is 16.4 Å². The summed E-state index contributed by atoms with van der Waals surface area (Å²) < 4.78 is 33.0. The fourth-order valence-electron chi connectivity index (χ4n) is 3.18. The predicted molar refractivity (Wildman–Crippen MR) is 104 cm³/mol. The Hall–Kier alpha value is -2.05. The summed E-state index contributed by atoms with van der Waals surface area (Å²) in [6.07, 6.45) is 0.149. The van der Waals surface area contributed by atoms with Crippen LogP contribution in [0.25, 0.3) is 0 Å². The van der Waals surface area contributed by atoms with Crippen LogP contribution in [0, 0.1) is 6.92 Å². The molecule has 2 aromatic rings. The van der Waals surface area contributed by atoms with E-state index in [2.05, 4.69) is 4.90 Å². The second kappa shape index (κ2) is 7.68. The van der Waals surface area contributed by atoms with E-state index < -0.39 is 10.0 Å². The van der Waals surface area contributed by atoms with Gasteiger partial charge in [0.15, 0.2) is 0 Å². The zero-order valence-electron chi connectivity index (χ0n) is 15.6. The molecule has 5 nitrogen and oxygen atoms in total. The molecule has 1 aliphatic rings. The van der Waals surface area contributed by atoms with Gasteiger partial charge in [-0.25, -0.2) is 8.42 Å². The van der Waals surface area contributed by atoms with Gasteiger partial charge < -0.3 is 9.64 Å². The molecule has 0 aromatic heterocycles. The Morgan fingerprint density at radius 3 is 2.12 bits per heavy atom. The Kier molecular flexibility index (Phi) is 5.53. The first-order valence-electron chi connectivity index (χ1n) is 8.95. The molecule has 2 aromatic carbocycles. The van der Waals surface area contributed by atoms with E-state index in [0.717, 1.165) is 17.0 Å². The van der Waals surface area contributed by atoms with Crippen LogP contribution >= 0.6 is 0 Å². The molecule has 0 aliphatic carbocycles. The highest BCUT2D eigenvalue weighted by molar-refractivity contribution is 7.89. The zero-order valence-corrected chi connectivity index (χ0v) is 16.4. The number of sulfonamides is 1. The monoisotopic (exact) mass is 374 g/mol. The van der Waals surface area contributed by atoms with Crippen molar-refractivity contribution in [3.05, 3.63) is 54.1 Å². The van der Waals surface area contributed by atoms with Crippen LogP contribution in [-0.4, -0.2) is 45.0 Å². The van der Waals surface area contributed by atoms with Crippen molar-refractivity contribution in [2.45, 2.75) is 31.8 Å². The minimum absolute atomic E-state index is 0.149. The number of hydrogen-bond donors (Lipinski definition) is 0. The molecular weight excluding hydrogens is 348 g/mol. The number of rotatable bonds is 5. The maximum atomic E-state index is 12.9. The Balaban J connectivity index is 1.66. The molecule has 140 valence electrons. The highest BCUT2D eigenvalue weighted by atomic mass is 32.2.